The molecule has 0 spiro atoms. The van der Waals surface area contributed by atoms with E-state index in [0.717, 1.165) is 12.1 Å². The van der Waals surface area contributed by atoms with Crippen LogP contribution in [-0.2, 0) is 26.1 Å². The van der Waals surface area contributed by atoms with Crippen LogP contribution in [0.5, 0.6) is 5.75 Å². The maximum absolute atomic E-state index is 13.8. The van der Waals surface area contributed by atoms with E-state index in [0.29, 0.717) is 0 Å². The summed E-state index contributed by atoms with van der Waals surface area (Å²) in [6, 6.07) is 3.08. The Morgan fingerprint density at radius 2 is 1.66 bits per heavy atom. The molecule has 12 heteroatoms. The number of rotatable bonds is 5. The Balaban J connectivity index is 0.000000920. The molecule has 0 aromatic heterocycles. The van der Waals surface area contributed by atoms with Gasteiger partial charge in [-0.1, -0.05) is 11.6 Å². The SMILES string of the molecule is CC(C)(C)O.CCOC(=O)Cc1c(C)cc2c(Cl)cc(F)cc2c1OS(=O)(=O)C(F)(F)F. The van der Waals surface area contributed by atoms with Gasteiger partial charge in [0.15, 0.2) is 5.75 Å². The summed E-state index contributed by atoms with van der Waals surface area (Å²) in [7, 11) is -6.07. The second-order valence-corrected chi connectivity index (χ2v) is 9.56. The van der Waals surface area contributed by atoms with Crippen molar-refractivity contribution in [2.45, 2.75) is 52.1 Å². The summed E-state index contributed by atoms with van der Waals surface area (Å²) in [5.74, 6) is -2.57. The van der Waals surface area contributed by atoms with Crippen molar-refractivity contribution in [2.24, 2.45) is 0 Å². The first-order valence-electron chi connectivity index (χ1n) is 9.17. The Hall–Kier alpha value is -2.11. The Morgan fingerprint density at radius 1 is 1.12 bits per heavy atom. The quantitative estimate of drug-likeness (QED) is 0.266. The van der Waals surface area contributed by atoms with Crippen LogP contribution in [0.15, 0.2) is 18.2 Å². The lowest BCUT2D eigenvalue weighted by Gasteiger charge is -2.18. The molecule has 2 aromatic carbocycles. The molecule has 0 radical (unpaired) electrons. The van der Waals surface area contributed by atoms with Crippen molar-refractivity contribution >= 4 is 38.5 Å². The molecule has 0 saturated heterocycles. The average Bonchev–Trinajstić information content (AvgIpc) is 2.56. The van der Waals surface area contributed by atoms with Crippen LogP contribution >= 0.6 is 11.6 Å². The van der Waals surface area contributed by atoms with E-state index in [4.69, 9.17) is 21.4 Å². The zero-order chi connectivity index (χ0) is 25.1. The van der Waals surface area contributed by atoms with E-state index in [1.807, 2.05) is 0 Å². The minimum absolute atomic E-state index is 0.00294. The number of fused-ring (bicyclic) bond motifs is 1. The van der Waals surface area contributed by atoms with Crippen molar-refractivity contribution in [1.82, 2.24) is 0 Å². The van der Waals surface area contributed by atoms with E-state index >= 15 is 0 Å². The second kappa shape index (κ2) is 10.2. The number of ether oxygens (including phenoxy) is 1. The van der Waals surface area contributed by atoms with Gasteiger partial charge in [0, 0.05) is 16.3 Å². The summed E-state index contributed by atoms with van der Waals surface area (Å²) in [5.41, 5.74) is -6.19. The number of carbonyl (C=O) groups excluding carboxylic acids is 1. The molecule has 0 fully saturated rings. The first-order chi connectivity index (χ1) is 14.4. The Morgan fingerprint density at radius 3 is 2.12 bits per heavy atom. The number of hydrogen-bond acceptors (Lipinski definition) is 6. The zero-order valence-electron chi connectivity index (χ0n) is 17.9. The second-order valence-electron chi connectivity index (χ2n) is 7.62. The summed E-state index contributed by atoms with van der Waals surface area (Å²) in [5, 5.41) is 8.10. The first kappa shape index (κ1) is 27.9. The molecule has 32 heavy (non-hydrogen) atoms. The predicted octanol–water partition coefficient (Wildman–Crippen LogP) is 5.05. The Kier molecular flexibility index (Phi) is 8.92. The smallest absolute Gasteiger partial charge is 0.466 e. The highest BCUT2D eigenvalue weighted by Crippen LogP contribution is 2.39. The molecule has 0 aliphatic carbocycles. The van der Waals surface area contributed by atoms with Crippen molar-refractivity contribution in [1.29, 1.82) is 0 Å². The number of hydrogen-bond donors (Lipinski definition) is 1. The minimum Gasteiger partial charge on any atom is -0.466 e. The molecule has 0 amide bonds. The van der Waals surface area contributed by atoms with Crippen LogP contribution in [-0.4, -0.2) is 37.2 Å². The Labute approximate surface area is 188 Å². The zero-order valence-corrected chi connectivity index (χ0v) is 19.5. The maximum Gasteiger partial charge on any atom is 0.534 e. The molecule has 180 valence electrons. The first-order valence-corrected chi connectivity index (χ1v) is 11.0. The monoisotopic (exact) mass is 502 g/mol. The van der Waals surface area contributed by atoms with Crippen LogP contribution in [0.1, 0.15) is 38.8 Å². The number of alkyl halides is 3. The third kappa shape index (κ3) is 7.79. The number of carbonyl (C=O) groups is 1. The summed E-state index contributed by atoms with van der Waals surface area (Å²) in [6.07, 6.45) is -0.577. The van der Waals surface area contributed by atoms with E-state index in [2.05, 4.69) is 4.18 Å². The number of aryl methyl sites for hydroxylation is 1. The molecule has 0 aliphatic heterocycles. The molecule has 0 saturated carbocycles. The van der Waals surface area contributed by atoms with Gasteiger partial charge in [0.05, 0.1) is 23.7 Å². The van der Waals surface area contributed by atoms with Crippen molar-refractivity contribution in [3.05, 3.63) is 40.2 Å². The van der Waals surface area contributed by atoms with Gasteiger partial charge in [-0.3, -0.25) is 4.79 Å². The van der Waals surface area contributed by atoms with Gasteiger partial charge in [-0.25, -0.2) is 4.39 Å². The summed E-state index contributed by atoms with van der Waals surface area (Å²) < 4.78 is 84.2. The van der Waals surface area contributed by atoms with Gasteiger partial charge in [0.2, 0.25) is 0 Å². The maximum atomic E-state index is 13.8. The number of aliphatic hydroxyl groups is 1. The molecule has 1 N–H and O–H groups in total. The topological polar surface area (TPSA) is 89.9 Å². The summed E-state index contributed by atoms with van der Waals surface area (Å²) >= 11 is 5.92. The fourth-order valence-electron chi connectivity index (χ4n) is 2.39. The predicted molar refractivity (Wildman–Crippen MR) is 112 cm³/mol. The summed E-state index contributed by atoms with van der Waals surface area (Å²) in [6.45, 7) is 8.17. The van der Waals surface area contributed by atoms with Crippen LogP contribution in [0.25, 0.3) is 10.8 Å². The lowest BCUT2D eigenvalue weighted by atomic mass is 9.98. The van der Waals surface area contributed by atoms with Crippen molar-refractivity contribution in [3.8, 4) is 5.75 Å². The molecule has 2 rings (SSSR count). The van der Waals surface area contributed by atoms with Crippen molar-refractivity contribution in [3.63, 3.8) is 0 Å². The number of esters is 1. The molecule has 0 unspecified atom stereocenters. The van der Waals surface area contributed by atoms with Gasteiger partial charge in [-0.2, -0.15) is 21.6 Å². The van der Waals surface area contributed by atoms with E-state index in [9.17, 15) is 30.8 Å². The minimum atomic E-state index is -6.07. The molecule has 0 aliphatic rings. The molecular formula is C20H23ClF4O6S. The molecule has 0 heterocycles. The van der Waals surface area contributed by atoms with Crippen LogP contribution in [0, 0.1) is 12.7 Å². The van der Waals surface area contributed by atoms with Crippen LogP contribution in [0.3, 0.4) is 0 Å². The fraction of sp³-hybridized carbons (Fsp3) is 0.450. The normalized spacial score (nSPS) is 12.2. The third-order valence-corrected chi connectivity index (χ3v) is 4.82. The van der Waals surface area contributed by atoms with Crippen LogP contribution in [0.4, 0.5) is 17.6 Å². The lowest BCUT2D eigenvalue weighted by Crippen LogP contribution is -2.28. The molecule has 0 atom stereocenters. The highest BCUT2D eigenvalue weighted by Gasteiger charge is 2.49. The molecule has 0 bridgehead atoms. The van der Waals surface area contributed by atoms with E-state index in [1.54, 1.807) is 20.8 Å². The lowest BCUT2D eigenvalue weighted by molar-refractivity contribution is -0.142. The molecule has 2 aromatic rings. The molecule has 6 nitrogen and oxygen atoms in total. The molecular weight excluding hydrogens is 480 g/mol. The number of halogens is 5. The standard InChI is InChI=1S/C16H13ClF4O5S.C4H10O/c1-3-25-14(22)7-10-8(2)4-11-12(5-9(18)6-13(11)17)15(10)26-27(23,24)16(19,20)21;1-4(2,3)5/h4-6H,3,7H2,1-2H3;5H,1-3H3. The average molecular weight is 503 g/mol. The van der Waals surface area contributed by atoms with Gasteiger partial charge in [-0.05, 0) is 58.4 Å². The van der Waals surface area contributed by atoms with Crippen molar-refractivity contribution in [2.75, 3.05) is 6.61 Å². The van der Waals surface area contributed by atoms with Gasteiger partial charge in [-0.15, -0.1) is 0 Å². The van der Waals surface area contributed by atoms with Gasteiger partial charge in [0.25, 0.3) is 0 Å². The van der Waals surface area contributed by atoms with Crippen LogP contribution < -0.4 is 4.18 Å². The van der Waals surface area contributed by atoms with Crippen molar-refractivity contribution < 1.29 is 44.8 Å². The van der Waals surface area contributed by atoms with Gasteiger partial charge < -0.3 is 14.0 Å². The Bertz CT molecular complexity index is 1090. The fourth-order valence-corrected chi connectivity index (χ4v) is 3.16. The highest BCUT2D eigenvalue weighted by atomic mass is 35.5. The van der Waals surface area contributed by atoms with Gasteiger partial charge in [0.1, 0.15) is 5.82 Å². The number of benzene rings is 2. The highest BCUT2D eigenvalue weighted by molar-refractivity contribution is 7.88. The summed E-state index contributed by atoms with van der Waals surface area (Å²) in [4.78, 5) is 11.8. The van der Waals surface area contributed by atoms with E-state index in [-0.39, 0.29) is 33.5 Å². The third-order valence-electron chi connectivity index (χ3n) is 3.55. The van der Waals surface area contributed by atoms with Gasteiger partial charge >= 0.3 is 21.6 Å². The van der Waals surface area contributed by atoms with E-state index < -0.39 is 45.2 Å². The van der Waals surface area contributed by atoms with E-state index in [1.165, 1.54) is 19.9 Å². The largest absolute Gasteiger partial charge is 0.534 e. The van der Waals surface area contributed by atoms with Crippen LogP contribution in [0.2, 0.25) is 5.02 Å².